The summed E-state index contributed by atoms with van der Waals surface area (Å²) in [7, 11) is 1.39. The van der Waals surface area contributed by atoms with E-state index in [1.165, 1.54) is 61.7 Å². The van der Waals surface area contributed by atoms with Gasteiger partial charge in [0.25, 0.3) is 11.8 Å². The molecule has 2 aromatic carbocycles. The van der Waals surface area contributed by atoms with E-state index < -0.39 is 108 Å². The highest BCUT2D eigenvalue weighted by atomic mass is 16.7. The topological polar surface area (TPSA) is 298 Å². The van der Waals surface area contributed by atoms with Gasteiger partial charge in [-0.05, 0) is 121 Å². The van der Waals surface area contributed by atoms with Crippen LogP contribution in [0.25, 0.3) is 17.2 Å². The molecule has 73 heavy (non-hydrogen) atoms. The first kappa shape index (κ1) is 57.5. The number of pyridine rings is 1. The molecule has 0 aliphatic heterocycles. The van der Waals surface area contributed by atoms with Crippen molar-refractivity contribution in [1.82, 2.24) is 26.3 Å². The molecule has 4 rings (SSSR count). The number of carbonyl (C=O) groups excluding carboxylic acids is 8. The molecule has 394 valence electrons. The second kappa shape index (κ2) is 25.4. The molecular formula is C51H65N7O15. The summed E-state index contributed by atoms with van der Waals surface area (Å²) >= 11 is 0. The quantitative estimate of drug-likeness (QED) is 0.0216. The molecule has 1 saturated carbocycles. The van der Waals surface area contributed by atoms with Crippen molar-refractivity contribution in [3.05, 3.63) is 83.2 Å². The van der Waals surface area contributed by atoms with Gasteiger partial charge in [0.1, 0.15) is 40.6 Å². The molecule has 1 aromatic heterocycles. The number of methoxy groups -OCH3 is 1. The van der Waals surface area contributed by atoms with E-state index in [1.807, 2.05) is 0 Å². The Morgan fingerprint density at radius 3 is 1.77 bits per heavy atom. The highest BCUT2D eigenvalue weighted by molar-refractivity contribution is 6.11. The van der Waals surface area contributed by atoms with Crippen LogP contribution < -0.4 is 31.3 Å². The number of rotatable bonds is 20. The average molecular weight is 1020 g/mol. The number of esters is 3. The number of hydrogen-bond acceptors (Lipinski definition) is 17. The normalized spacial score (nSPS) is 13.0. The third-order valence-electron chi connectivity index (χ3n) is 10.3. The number of amides is 5. The number of nitrogens with zero attached hydrogens (tertiary/aromatic N) is 1. The van der Waals surface area contributed by atoms with Crippen LogP contribution in [0.4, 0.5) is 20.1 Å². The zero-order valence-electron chi connectivity index (χ0n) is 42.9. The van der Waals surface area contributed by atoms with Gasteiger partial charge in [-0.1, -0.05) is 40.3 Å². The third-order valence-corrected chi connectivity index (χ3v) is 10.3. The summed E-state index contributed by atoms with van der Waals surface area (Å²) in [5, 5.41) is 21.1. The van der Waals surface area contributed by atoms with Gasteiger partial charge in [-0.3, -0.25) is 20.3 Å². The molecular weight excluding hydrogens is 951 g/mol. The minimum absolute atomic E-state index is 0.0147. The lowest BCUT2D eigenvalue weighted by molar-refractivity contribution is -0.156. The fourth-order valence-electron chi connectivity index (χ4n) is 6.48. The van der Waals surface area contributed by atoms with Crippen molar-refractivity contribution in [3.63, 3.8) is 0 Å². The number of ether oxygens (including phenoxy) is 7. The average Bonchev–Trinajstić information content (AvgIpc) is 4.14. The molecule has 0 unspecified atom stereocenters. The van der Waals surface area contributed by atoms with Crippen LogP contribution in [0, 0.1) is 23.2 Å². The van der Waals surface area contributed by atoms with Crippen LogP contribution in [0.1, 0.15) is 125 Å². The van der Waals surface area contributed by atoms with Crippen molar-refractivity contribution in [1.29, 1.82) is 5.41 Å². The van der Waals surface area contributed by atoms with Crippen molar-refractivity contribution in [2.45, 2.75) is 105 Å². The van der Waals surface area contributed by atoms with Crippen molar-refractivity contribution in [2.75, 3.05) is 32.6 Å². The minimum Gasteiger partial charge on any atom is -0.496 e. The van der Waals surface area contributed by atoms with E-state index >= 15 is 0 Å². The zero-order chi connectivity index (χ0) is 54.4. The Hall–Kier alpha value is -8.04. The molecule has 1 aliphatic rings. The van der Waals surface area contributed by atoms with Gasteiger partial charge in [-0.2, -0.15) is 0 Å². The lowest BCUT2D eigenvalue weighted by Crippen LogP contribution is -2.47. The summed E-state index contributed by atoms with van der Waals surface area (Å²) in [6.45, 7) is 19.1. The van der Waals surface area contributed by atoms with E-state index in [0.717, 1.165) is 12.8 Å². The molecule has 22 nitrogen and oxygen atoms in total. The van der Waals surface area contributed by atoms with Gasteiger partial charge >= 0.3 is 36.2 Å². The fraction of sp³-hybridized carbons (Fsp3) is 0.451. The van der Waals surface area contributed by atoms with E-state index in [9.17, 15) is 38.4 Å². The molecule has 22 heteroatoms. The van der Waals surface area contributed by atoms with Gasteiger partial charge in [0.2, 0.25) is 13.6 Å². The Morgan fingerprint density at radius 2 is 1.27 bits per heavy atom. The molecule has 0 spiro atoms. The van der Waals surface area contributed by atoms with E-state index in [4.69, 9.17) is 38.6 Å². The summed E-state index contributed by atoms with van der Waals surface area (Å²) in [6.07, 6.45) is 0.557. The number of benzene rings is 2. The van der Waals surface area contributed by atoms with Gasteiger partial charge < -0.3 is 54.4 Å². The first-order chi connectivity index (χ1) is 34.2. The van der Waals surface area contributed by atoms with Gasteiger partial charge in [0.05, 0.1) is 7.11 Å². The van der Waals surface area contributed by atoms with Crippen LogP contribution >= 0.6 is 0 Å². The summed E-state index contributed by atoms with van der Waals surface area (Å²) in [5.41, 5.74) is -1.29. The second-order valence-corrected chi connectivity index (χ2v) is 19.4. The van der Waals surface area contributed by atoms with Crippen molar-refractivity contribution in [3.8, 4) is 16.9 Å². The number of carbonyl (C=O) groups is 8. The number of anilines is 1. The molecule has 0 radical (unpaired) electrons. The highest BCUT2D eigenvalue weighted by Gasteiger charge is 2.31. The van der Waals surface area contributed by atoms with E-state index in [0.29, 0.717) is 18.0 Å². The molecule has 3 aromatic rings. The first-order valence-corrected chi connectivity index (χ1v) is 23.3. The molecule has 5 amide bonds. The Balaban J connectivity index is 1.53. The maximum Gasteiger partial charge on any atom is 0.415 e. The largest absolute Gasteiger partial charge is 0.496 e. The van der Waals surface area contributed by atoms with Crippen LogP contribution in [-0.4, -0.2) is 109 Å². The number of alkyl carbamates (subject to hydrolysis) is 3. The predicted octanol–water partition coefficient (Wildman–Crippen LogP) is 7.10. The number of amidine groups is 1. The van der Waals surface area contributed by atoms with Gasteiger partial charge in [0.15, 0.2) is 5.69 Å². The van der Waals surface area contributed by atoms with Gasteiger partial charge in [-0.15, -0.1) is 0 Å². The highest BCUT2D eigenvalue weighted by Crippen LogP contribution is 2.35. The second-order valence-electron chi connectivity index (χ2n) is 19.4. The SMILES string of the molecule is C=Cc1cc(C(=O)Nc2ccc(C(=N)NC(=O)OCOC(=O)[C@@H](NC(=O)OC(C)(C)C)C(C)C)cc2)c(-c2ccc(C(=O)NCC3CC3)nc2C(=O)OCOC(=O)[C@@H](NC(=O)OC(C)(C)C)C(C)C)cc1OC. The third kappa shape index (κ3) is 17.9. The Morgan fingerprint density at radius 1 is 0.726 bits per heavy atom. The summed E-state index contributed by atoms with van der Waals surface area (Å²) in [6, 6.07) is 9.19. The van der Waals surface area contributed by atoms with Crippen LogP contribution in [-0.2, 0) is 38.0 Å². The molecule has 1 heterocycles. The lowest BCUT2D eigenvalue weighted by atomic mass is 9.94. The van der Waals surface area contributed by atoms with Crippen LogP contribution in [0.3, 0.4) is 0 Å². The fourth-order valence-corrected chi connectivity index (χ4v) is 6.48. The summed E-state index contributed by atoms with van der Waals surface area (Å²) < 4.78 is 36.7. The maximum absolute atomic E-state index is 14.2. The first-order valence-electron chi connectivity index (χ1n) is 23.3. The zero-order valence-corrected chi connectivity index (χ0v) is 42.9. The van der Waals surface area contributed by atoms with Crippen molar-refractivity contribution >= 4 is 65.6 Å². The van der Waals surface area contributed by atoms with Crippen LogP contribution in [0.15, 0.2) is 55.1 Å². The number of aromatic nitrogens is 1. The van der Waals surface area contributed by atoms with E-state index in [1.54, 1.807) is 69.2 Å². The van der Waals surface area contributed by atoms with Crippen LogP contribution in [0.5, 0.6) is 5.75 Å². The summed E-state index contributed by atoms with van der Waals surface area (Å²) in [4.78, 5) is 109. The number of hydrogen-bond donors (Lipinski definition) is 6. The Labute approximate surface area is 423 Å². The van der Waals surface area contributed by atoms with Crippen molar-refractivity contribution < 1.29 is 71.5 Å². The minimum atomic E-state index is -1.17. The molecule has 2 atom stereocenters. The predicted molar refractivity (Wildman–Crippen MR) is 266 cm³/mol. The lowest BCUT2D eigenvalue weighted by Gasteiger charge is -2.24. The molecule has 0 saturated heterocycles. The molecule has 1 fully saturated rings. The smallest absolute Gasteiger partial charge is 0.415 e. The summed E-state index contributed by atoms with van der Waals surface area (Å²) in [5.74, 6) is -4.89. The monoisotopic (exact) mass is 1020 g/mol. The number of nitrogens with one attached hydrogen (secondary N) is 6. The standard InChI is InChI=1S/C51H65N7O15/c1-13-30-22-35(42(59)54-32-18-16-31(17-19-32)41(52)58-47(64)71-26-70-45(62)39(28(4)5)57-49(66)73-51(9,10)11)34(23-37(30)67-12)33-20-21-36(43(60)53-24-29-14-15-29)55-40(33)46(63)69-25-68-44(61)38(27(2)3)56-48(65)72-50(6,7)8/h13,16-23,27-29,38-39H,1,14-15,24-26H2,2-12H3,(H,53,60)(H,54,59)(H,56,65)(H,57,66)(H2,52,58,64)/t38-,39-/m0/s1. The van der Waals surface area contributed by atoms with Gasteiger partial charge in [-0.25, -0.2) is 33.8 Å². The molecule has 1 aliphatic carbocycles. The van der Waals surface area contributed by atoms with Crippen LogP contribution in [0.2, 0.25) is 0 Å². The molecule has 0 bridgehead atoms. The Kier molecular flexibility index (Phi) is 20.0. The van der Waals surface area contributed by atoms with E-state index in [-0.39, 0.29) is 39.4 Å². The van der Waals surface area contributed by atoms with Gasteiger partial charge in [0, 0.05) is 40.0 Å². The van der Waals surface area contributed by atoms with Crippen molar-refractivity contribution in [2.24, 2.45) is 17.8 Å². The Bertz CT molecular complexity index is 2560. The molecule has 6 N–H and O–H groups in total. The maximum atomic E-state index is 14.2. The van der Waals surface area contributed by atoms with E-state index in [2.05, 4.69) is 38.1 Å².